The van der Waals surface area contributed by atoms with E-state index in [9.17, 15) is 14.9 Å². The van der Waals surface area contributed by atoms with E-state index in [1.807, 2.05) is 0 Å². The Morgan fingerprint density at radius 3 is 2.15 bits per heavy atom. The van der Waals surface area contributed by atoms with Gasteiger partial charge in [0.1, 0.15) is 6.61 Å². The summed E-state index contributed by atoms with van der Waals surface area (Å²) < 4.78 is 5.21. The van der Waals surface area contributed by atoms with Crippen LogP contribution in [0.3, 0.4) is 0 Å². The number of benzene rings is 1. The molecule has 0 heterocycles. The SMILES string of the molecule is CCCCCCCCCCCCN(C)C(=O)OCc1ccccc1[N+](=O)[O-]. The van der Waals surface area contributed by atoms with Gasteiger partial charge in [0.25, 0.3) is 5.69 Å². The first-order chi connectivity index (χ1) is 13.1. The summed E-state index contributed by atoms with van der Waals surface area (Å²) in [6.07, 6.45) is 12.1. The van der Waals surface area contributed by atoms with Gasteiger partial charge in [0.15, 0.2) is 0 Å². The molecule has 0 aliphatic rings. The molecule has 0 fully saturated rings. The maximum Gasteiger partial charge on any atom is 0.409 e. The van der Waals surface area contributed by atoms with E-state index in [4.69, 9.17) is 4.74 Å². The summed E-state index contributed by atoms with van der Waals surface area (Å²) in [5, 5.41) is 11.0. The average Bonchev–Trinajstić information content (AvgIpc) is 2.67. The van der Waals surface area contributed by atoms with E-state index < -0.39 is 11.0 Å². The highest BCUT2D eigenvalue weighted by molar-refractivity contribution is 5.67. The number of hydrogen-bond acceptors (Lipinski definition) is 4. The third kappa shape index (κ3) is 9.97. The molecule has 1 aromatic rings. The highest BCUT2D eigenvalue weighted by atomic mass is 16.6. The van der Waals surface area contributed by atoms with Crippen molar-refractivity contribution < 1.29 is 14.5 Å². The summed E-state index contributed by atoms with van der Waals surface area (Å²) in [5.41, 5.74) is 0.380. The van der Waals surface area contributed by atoms with E-state index in [0.717, 1.165) is 12.8 Å². The molecule has 1 rings (SSSR count). The van der Waals surface area contributed by atoms with Crippen LogP contribution in [-0.2, 0) is 11.3 Å². The van der Waals surface area contributed by atoms with Gasteiger partial charge in [-0.05, 0) is 12.5 Å². The fraction of sp³-hybridized carbons (Fsp3) is 0.667. The van der Waals surface area contributed by atoms with Crippen molar-refractivity contribution in [2.24, 2.45) is 0 Å². The molecular weight excluding hydrogens is 344 g/mol. The van der Waals surface area contributed by atoms with E-state index >= 15 is 0 Å². The van der Waals surface area contributed by atoms with Gasteiger partial charge in [0.2, 0.25) is 0 Å². The van der Waals surface area contributed by atoms with Crippen LogP contribution in [0.1, 0.15) is 76.7 Å². The van der Waals surface area contributed by atoms with E-state index in [2.05, 4.69) is 6.92 Å². The molecule has 6 nitrogen and oxygen atoms in total. The quantitative estimate of drug-likeness (QED) is 0.223. The number of para-hydroxylation sites is 1. The summed E-state index contributed by atoms with van der Waals surface area (Å²) >= 11 is 0. The zero-order valence-electron chi connectivity index (χ0n) is 16.8. The van der Waals surface area contributed by atoms with E-state index in [0.29, 0.717) is 12.1 Å². The molecule has 0 aliphatic carbocycles. The molecule has 0 atom stereocenters. The average molecular weight is 379 g/mol. The lowest BCUT2D eigenvalue weighted by Gasteiger charge is -2.17. The number of nitro groups is 1. The van der Waals surface area contributed by atoms with Crippen LogP contribution in [0.4, 0.5) is 10.5 Å². The van der Waals surface area contributed by atoms with Crippen LogP contribution in [0, 0.1) is 10.1 Å². The van der Waals surface area contributed by atoms with E-state index in [1.165, 1.54) is 57.4 Å². The van der Waals surface area contributed by atoms with Crippen LogP contribution in [0.5, 0.6) is 0 Å². The smallest absolute Gasteiger partial charge is 0.409 e. The molecule has 0 radical (unpaired) electrons. The molecule has 0 saturated heterocycles. The minimum Gasteiger partial charge on any atom is -0.444 e. The maximum atomic E-state index is 12.0. The van der Waals surface area contributed by atoms with E-state index in [1.54, 1.807) is 30.1 Å². The monoisotopic (exact) mass is 378 g/mol. The summed E-state index contributed by atoms with van der Waals surface area (Å²) in [4.78, 5) is 24.1. The van der Waals surface area contributed by atoms with Crippen LogP contribution in [0.25, 0.3) is 0 Å². The lowest BCUT2D eigenvalue weighted by Crippen LogP contribution is -2.28. The van der Waals surface area contributed by atoms with Crippen molar-refractivity contribution in [1.29, 1.82) is 0 Å². The number of amides is 1. The van der Waals surface area contributed by atoms with Crippen LogP contribution in [-0.4, -0.2) is 29.5 Å². The van der Waals surface area contributed by atoms with Crippen LogP contribution >= 0.6 is 0 Å². The predicted octanol–water partition coefficient (Wildman–Crippen LogP) is 6.08. The Morgan fingerprint density at radius 2 is 1.56 bits per heavy atom. The molecule has 1 aromatic carbocycles. The first-order valence-corrected chi connectivity index (χ1v) is 10.2. The molecule has 0 aliphatic heterocycles. The largest absolute Gasteiger partial charge is 0.444 e. The van der Waals surface area contributed by atoms with Gasteiger partial charge in [-0.3, -0.25) is 10.1 Å². The third-order valence-corrected chi connectivity index (χ3v) is 4.70. The Balaban J connectivity index is 2.12. The molecule has 0 aromatic heterocycles. The fourth-order valence-corrected chi connectivity index (χ4v) is 2.99. The van der Waals surface area contributed by atoms with Crippen molar-refractivity contribution in [2.75, 3.05) is 13.6 Å². The summed E-state index contributed by atoms with van der Waals surface area (Å²) in [6, 6.07) is 6.31. The summed E-state index contributed by atoms with van der Waals surface area (Å²) in [7, 11) is 1.70. The second-order valence-electron chi connectivity index (χ2n) is 7.04. The van der Waals surface area contributed by atoms with Gasteiger partial charge in [0, 0.05) is 19.7 Å². The zero-order valence-corrected chi connectivity index (χ0v) is 16.8. The molecule has 0 saturated carbocycles. The van der Waals surface area contributed by atoms with Crippen molar-refractivity contribution in [3.63, 3.8) is 0 Å². The third-order valence-electron chi connectivity index (χ3n) is 4.70. The highest BCUT2D eigenvalue weighted by Crippen LogP contribution is 2.18. The molecule has 6 heteroatoms. The van der Waals surface area contributed by atoms with Crippen molar-refractivity contribution >= 4 is 11.8 Å². The van der Waals surface area contributed by atoms with Gasteiger partial charge in [-0.15, -0.1) is 0 Å². The molecule has 152 valence electrons. The van der Waals surface area contributed by atoms with Crippen molar-refractivity contribution in [2.45, 2.75) is 77.7 Å². The van der Waals surface area contributed by atoms with Gasteiger partial charge in [-0.25, -0.2) is 4.79 Å². The Morgan fingerprint density at radius 1 is 1.00 bits per heavy atom. The number of unbranched alkanes of at least 4 members (excludes halogenated alkanes) is 9. The molecule has 27 heavy (non-hydrogen) atoms. The number of carbonyl (C=O) groups excluding carboxylic acids is 1. The number of rotatable bonds is 14. The highest BCUT2D eigenvalue weighted by Gasteiger charge is 2.15. The second kappa shape index (κ2) is 14.0. The first kappa shape index (κ1) is 22.9. The number of hydrogen-bond donors (Lipinski definition) is 0. The summed E-state index contributed by atoms with van der Waals surface area (Å²) in [6.45, 7) is 2.79. The Bertz CT molecular complexity index is 563. The molecule has 1 amide bonds. The maximum absolute atomic E-state index is 12.0. The van der Waals surface area contributed by atoms with Crippen molar-refractivity contribution in [1.82, 2.24) is 4.90 Å². The molecule has 0 unspecified atom stereocenters. The Kier molecular flexibility index (Phi) is 11.9. The van der Waals surface area contributed by atoms with Crippen LogP contribution in [0.15, 0.2) is 24.3 Å². The number of nitro benzene ring substituents is 1. The number of carbonyl (C=O) groups is 1. The Hall–Kier alpha value is -2.11. The second-order valence-corrected chi connectivity index (χ2v) is 7.04. The van der Waals surface area contributed by atoms with E-state index in [-0.39, 0.29) is 12.3 Å². The van der Waals surface area contributed by atoms with Gasteiger partial charge in [0.05, 0.1) is 10.5 Å². The van der Waals surface area contributed by atoms with Gasteiger partial charge in [-0.1, -0.05) is 76.8 Å². The molecular formula is C21H34N2O4. The topological polar surface area (TPSA) is 72.7 Å². The number of ether oxygens (including phenoxy) is 1. The normalized spacial score (nSPS) is 10.6. The van der Waals surface area contributed by atoms with Gasteiger partial charge < -0.3 is 9.64 Å². The van der Waals surface area contributed by atoms with Crippen LogP contribution < -0.4 is 0 Å². The number of nitrogens with zero attached hydrogens (tertiary/aromatic N) is 2. The first-order valence-electron chi connectivity index (χ1n) is 10.2. The molecule has 0 spiro atoms. The lowest BCUT2D eigenvalue weighted by atomic mass is 10.1. The lowest BCUT2D eigenvalue weighted by molar-refractivity contribution is -0.385. The summed E-state index contributed by atoms with van der Waals surface area (Å²) in [5.74, 6) is 0. The predicted molar refractivity (Wildman–Crippen MR) is 108 cm³/mol. The molecule has 0 N–H and O–H groups in total. The fourth-order valence-electron chi connectivity index (χ4n) is 2.99. The van der Waals surface area contributed by atoms with Gasteiger partial charge in [-0.2, -0.15) is 0 Å². The standard InChI is InChI=1S/C21H34N2O4/c1-3-4-5-6-7-8-9-10-11-14-17-22(2)21(24)27-18-19-15-12-13-16-20(19)23(25)26/h12-13,15-16H,3-11,14,17-18H2,1-2H3. The minimum absolute atomic E-state index is 0.0253. The minimum atomic E-state index is -0.462. The Labute approximate surface area is 163 Å². The van der Waals surface area contributed by atoms with Crippen LogP contribution in [0.2, 0.25) is 0 Å². The van der Waals surface area contributed by atoms with Crippen molar-refractivity contribution in [3.05, 3.63) is 39.9 Å². The molecule has 0 bridgehead atoms. The van der Waals surface area contributed by atoms with Gasteiger partial charge >= 0.3 is 6.09 Å². The zero-order chi connectivity index (χ0) is 19.9. The van der Waals surface area contributed by atoms with Crippen molar-refractivity contribution in [3.8, 4) is 0 Å².